The van der Waals surface area contributed by atoms with E-state index in [4.69, 9.17) is 4.74 Å². The van der Waals surface area contributed by atoms with E-state index >= 15 is 0 Å². The lowest BCUT2D eigenvalue weighted by Crippen LogP contribution is -2.50. The van der Waals surface area contributed by atoms with Crippen molar-refractivity contribution >= 4 is 6.03 Å². The Morgan fingerprint density at radius 2 is 2.00 bits per heavy atom. The summed E-state index contributed by atoms with van der Waals surface area (Å²) in [7, 11) is 1.70. The molecule has 5 nitrogen and oxygen atoms in total. The minimum absolute atomic E-state index is 0.0413. The van der Waals surface area contributed by atoms with Gasteiger partial charge in [0, 0.05) is 20.1 Å². The summed E-state index contributed by atoms with van der Waals surface area (Å²) in [6.45, 7) is 6.18. The molecule has 5 heteroatoms. The van der Waals surface area contributed by atoms with E-state index in [9.17, 15) is 9.90 Å². The molecule has 0 spiro atoms. The standard InChI is InChI=1S/C10H20N2O3/c1-10(2,14)8-11(3)9(13)12-4-6-15-7-5-12/h14H,4-8H2,1-3H3. The number of ether oxygens (including phenoxy) is 1. The first-order valence-electron chi connectivity index (χ1n) is 5.20. The molecule has 1 aliphatic rings. The van der Waals surface area contributed by atoms with Crippen LogP contribution in [0.1, 0.15) is 13.8 Å². The number of likely N-dealkylation sites (N-methyl/N-ethyl adjacent to an activating group) is 1. The Morgan fingerprint density at radius 3 is 2.47 bits per heavy atom. The lowest BCUT2D eigenvalue weighted by atomic mass is 10.1. The van der Waals surface area contributed by atoms with Crippen molar-refractivity contribution in [1.82, 2.24) is 9.80 Å². The van der Waals surface area contributed by atoms with Gasteiger partial charge in [0.15, 0.2) is 0 Å². The monoisotopic (exact) mass is 216 g/mol. The van der Waals surface area contributed by atoms with E-state index in [0.29, 0.717) is 32.8 Å². The zero-order valence-electron chi connectivity index (χ0n) is 9.69. The largest absolute Gasteiger partial charge is 0.389 e. The quantitative estimate of drug-likeness (QED) is 0.714. The van der Waals surface area contributed by atoms with Crippen LogP contribution in [0, 0.1) is 0 Å². The summed E-state index contributed by atoms with van der Waals surface area (Å²) in [4.78, 5) is 15.2. The maximum absolute atomic E-state index is 11.9. The third-order valence-corrected chi connectivity index (χ3v) is 2.23. The maximum atomic E-state index is 11.9. The van der Waals surface area contributed by atoms with Crippen LogP contribution in [0.2, 0.25) is 0 Å². The molecule has 1 fully saturated rings. The predicted octanol–water partition coefficient (Wildman–Crippen LogP) is 0.141. The van der Waals surface area contributed by atoms with Crippen molar-refractivity contribution in [1.29, 1.82) is 0 Å². The highest BCUT2D eigenvalue weighted by atomic mass is 16.5. The first-order valence-corrected chi connectivity index (χ1v) is 5.20. The number of amides is 2. The molecule has 0 atom stereocenters. The van der Waals surface area contributed by atoms with Crippen LogP contribution < -0.4 is 0 Å². The van der Waals surface area contributed by atoms with Crippen LogP contribution in [0.4, 0.5) is 4.79 Å². The highest BCUT2D eigenvalue weighted by Crippen LogP contribution is 2.07. The lowest BCUT2D eigenvalue weighted by Gasteiger charge is -2.33. The molecule has 0 aliphatic carbocycles. The third-order valence-electron chi connectivity index (χ3n) is 2.23. The van der Waals surface area contributed by atoms with Crippen LogP contribution in [-0.2, 0) is 4.74 Å². The van der Waals surface area contributed by atoms with Gasteiger partial charge in [-0.05, 0) is 13.8 Å². The van der Waals surface area contributed by atoms with Gasteiger partial charge in [-0.25, -0.2) is 4.79 Å². The fraction of sp³-hybridized carbons (Fsp3) is 0.900. The van der Waals surface area contributed by atoms with Crippen LogP contribution in [0.5, 0.6) is 0 Å². The van der Waals surface area contributed by atoms with Crippen molar-refractivity contribution in [3.8, 4) is 0 Å². The van der Waals surface area contributed by atoms with E-state index in [1.54, 1.807) is 30.7 Å². The van der Waals surface area contributed by atoms with Gasteiger partial charge in [0.05, 0.1) is 25.4 Å². The maximum Gasteiger partial charge on any atom is 0.319 e. The number of morpholine rings is 1. The molecular formula is C10H20N2O3. The first kappa shape index (κ1) is 12.3. The van der Waals surface area contributed by atoms with Gasteiger partial charge in [0.25, 0.3) is 0 Å². The van der Waals surface area contributed by atoms with Crippen LogP contribution in [-0.4, -0.2) is 66.4 Å². The number of rotatable bonds is 2. The Hall–Kier alpha value is -0.810. The molecule has 0 unspecified atom stereocenters. The van der Waals surface area contributed by atoms with Crippen LogP contribution >= 0.6 is 0 Å². The van der Waals surface area contributed by atoms with Gasteiger partial charge in [-0.3, -0.25) is 0 Å². The van der Waals surface area contributed by atoms with E-state index in [-0.39, 0.29) is 6.03 Å². The van der Waals surface area contributed by atoms with Crippen molar-refractivity contribution in [3.63, 3.8) is 0 Å². The Bertz CT molecular complexity index is 219. The van der Waals surface area contributed by atoms with Gasteiger partial charge in [-0.1, -0.05) is 0 Å². The fourth-order valence-electron chi connectivity index (χ4n) is 1.64. The molecule has 0 aromatic heterocycles. The van der Waals surface area contributed by atoms with Gasteiger partial charge in [0.2, 0.25) is 0 Å². The molecular weight excluding hydrogens is 196 g/mol. The number of nitrogens with zero attached hydrogens (tertiary/aromatic N) is 2. The number of carbonyl (C=O) groups excluding carboxylic acids is 1. The molecule has 2 amide bonds. The molecule has 0 bridgehead atoms. The number of carbonyl (C=O) groups is 1. The molecule has 0 aromatic carbocycles. The van der Waals surface area contributed by atoms with Crippen molar-refractivity contribution < 1.29 is 14.6 Å². The molecule has 15 heavy (non-hydrogen) atoms. The highest BCUT2D eigenvalue weighted by molar-refractivity contribution is 5.74. The van der Waals surface area contributed by atoms with E-state index in [0.717, 1.165) is 0 Å². The molecule has 88 valence electrons. The summed E-state index contributed by atoms with van der Waals surface area (Å²) in [6.07, 6.45) is 0. The number of hydrogen-bond donors (Lipinski definition) is 1. The first-order chi connectivity index (χ1) is 6.90. The second-order valence-electron chi connectivity index (χ2n) is 4.55. The Morgan fingerprint density at radius 1 is 1.47 bits per heavy atom. The third kappa shape index (κ3) is 4.05. The molecule has 0 saturated carbocycles. The minimum atomic E-state index is -0.850. The van der Waals surface area contributed by atoms with Gasteiger partial charge in [-0.2, -0.15) is 0 Å². The van der Waals surface area contributed by atoms with Gasteiger partial charge in [-0.15, -0.1) is 0 Å². The molecule has 1 heterocycles. The topological polar surface area (TPSA) is 53.0 Å². The Kier molecular flexibility index (Phi) is 3.93. The summed E-state index contributed by atoms with van der Waals surface area (Å²) in [5.41, 5.74) is -0.850. The van der Waals surface area contributed by atoms with Crippen LogP contribution in [0.3, 0.4) is 0 Å². The fourth-order valence-corrected chi connectivity index (χ4v) is 1.64. The zero-order chi connectivity index (χ0) is 11.5. The summed E-state index contributed by atoms with van der Waals surface area (Å²) < 4.78 is 5.17. The van der Waals surface area contributed by atoms with Crippen molar-refractivity contribution in [2.45, 2.75) is 19.4 Å². The second-order valence-corrected chi connectivity index (χ2v) is 4.55. The smallest absolute Gasteiger partial charge is 0.319 e. The lowest BCUT2D eigenvalue weighted by molar-refractivity contribution is 0.0260. The Balaban J connectivity index is 2.44. The predicted molar refractivity (Wildman–Crippen MR) is 56.7 cm³/mol. The van der Waals surface area contributed by atoms with Gasteiger partial charge in [0.1, 0.15) is 0 Å². The van der Waals surface area contributed by atoms with E-state index < -0.39 is 5.60 Å². The SMILES string of the molecule is CN(CC(C)(C)O)C(=O)N1CCOCC1. The average Bonchev–Trinajstić information content (AvgIpc) is 2.15. The average molecular weight is 216 g/mol. The van der Waals surface area contributed by atoms with Crippen molar-refractivity contribution in [2.75, 3.05) is 39.9 Å². The molecule has 0 radical (unpaired) electrons. The molecule has 1 aliphatic heterocycles. The second kappa shape index (κ2) is 4.81. The summed E-state index contributed by atoms with van der Waals surface area (Å²) in [5, 5.41) is 9.60. The van der Waals surface area contributed by atoms with Gasteiger partial charge >= 0.3 is 6.03 Å². The number of hydrogen-bond acceptors (Lipinski definition) is 3. The highest BCUT2D eigenvalue weighted by Gasteiger charge is 2.24. The van der Waals surface area contributed by atoms with Crippen molar-refractivity contribution in [2.24, 2.45) is 0 Å². The van der Waals surface area contributed by atoms with E-state index in [1.807, 2.05) is 0 Å². The summed E-state index contributed by atoms with van der Waals surface area (Å²) >= 11 is 0. The summed E-state index contributed by atoms with van der Waals surface area (Å²) in [6, 6.07) is -0.0413. The summed E-state index contributed by atoms with van der Waals surface area (Å²) in [5.74, 6) is 0. The number of urea groups is 1. The minimum Gasteiger partial charge on any atom is -0.389 e. The normalized spacial score (nSPS) is 17.7. The van der Waals surface area contributed by atoms with E-state index in [1.165, 1.54) is 0 Å². The zero-order valence-corrected chi connectivity index (χ0v) is 9.69. The molecule has 1 saturated heterocycles. The van der Waals surface area contributed by atoms with Crippen molar-refractivity contribution in [3.05, 3.63) is 0 Å². The number of aliphatic hydroxyl groups is 1. The molecule has 0 aromatic rings. The van der Waals surface area contributed by atoms with Crippen LogP contribution in [0.25, 0.3) is 0 Å². The molecule has 1 N–H and O–H groups in total. The molecule has 1 rings (SSSR count). The Labute approximate surface area is 90.6 Å². The van der Waals surface area contributed by atoms with E-state index in [2.05, 4.69) is 0 Å². The van der Waals surface area contributed by atoms with Gasteiger partial charge < -0.3 is 19.6 Å². The van der Waals surface area contributed by atoms with Crippen LogP contribution in [0.15, 0.2) is 0 Å².